The summed E-state index contributed by atoms with van der Waals surface area (Å²) in [5.41, 5.74) is 2.47. The van der Waals surface area contributed by atoms with Gasteiger partial charge in [0, 0.05) is 38.4 Å². The van der Waals surface area contributed by atoms with Crippen LogP contribution in [0.3, 0.4) is 0 Å². The van der Waals surface area contributed by atoms with E-state index < -0.39 is 15.9 Å². The second-order valence-electron chi connectivity index (χ2n) is 8.91. The van der Waals surface area contributed by atoms with E-state index in [4.69, 9.17) is 32.7 Å². The molecule has 1 unspecified atom stereocenters. The van der Waals surface area contributed by atoms with E-state index in [1.54, 1.807) is 12.1 Å². The van der Waals surface area contributed by atoms with Crippen molar-refractivity contribution in [2.24, 2.45) is 0 Å². The van der Waals surface area contributed by atoms with Gasteiger partial charge in [-0.05, 0) is 55.0 Å². The van der Waals surface area contributed by atoms with Gasteiger partial charge in [-0.15, -0.1) is 12.4 Å². The van der Waals surface area contributed by atoms with Crippen LogP contribution in [0.15, 0.2) is 70.5 Å². The molecule has 3 aromatic carbocycles. The summed E-state index contributed by atoms with van der Waals surface area (Å²) in [6.45, 7) is 5.64. The summed E-state index contributed by atoms with van der Waals surface area (Å²) in [6, 6.07) is 17.1. The summed E-state index contributed by atoms with van der Waals surface area (Å²) in [5.74, 6) is 0.459. The minimum atomic E-state index is -3.97. The molecule has 0 amide bonds. The van der Waals surface area contributed by atoms with Crippen molar-refractivity contribution in [2.45, 2.75) is 22.8 Å². The number of rotatable bonds is 9. The van der Waals surface area contributed by atoms with Crippen LogP contribution in [-0.4, -0.2) is 71.0 Å². The van der Waals surface area contributed by atoms with Gasteiger partial charge >= 0.3 is 0 Å². The maximum Gasteiger partial charge on any atom is 0.210 e. The number of hydrogen-bond donors (Lipinski definition) is 1. The SMILES string of the molecule is COc1ccc(S(=O)(=O)c2ccc(Cl)c(Cl)c2OCC(O)CN2CCN(c3ccccc3C)CC2)cc1.Cl. The lowest BCUT2D eigenvalue weighted by Gasteiger charge is -2.37. The summed E-state index contributed by atoms with van der Waals surface area (Å²) < 4.78 is 37.6. The number of sulfone groups is 1. The van der Waals surface area contributed by atoms with Crippen LogP contribution in [0.4, 0.5) is 5.69 Å². The third kappa shape index (κ3) is 6.86. The van der Waals surface area contributed by atoms with E-state index in [-0.39, 0.29) is 44.6 Å². The molecule has 0 aliphatic carbocycles. The Hall–Kier alpha value is -2.20. The van der Waals surface area contributed by atoms with Crippen molar-refractivity contribution in [1.82, 2.24) is 4.90 Å². The van der Waals surface area contributed by atoms with Gasteiger partial charge in [0.2, 0.25) is 9.84 Å². The number of aryl methyl sites for hydroxylation is 1. The van der Waals surface area contributed by atoms with Crippen LogP contribution in [0, 0.1) is 6.92 Å². The van der Waals surface area contributed by atoms with Crippen molar-refractivity contribution in [3.63, 3.8) is 0 Å². The van der Waals surface area contributed by atoms with Crippen molar-refractivity contribution in [3.05, 3.63) is 76.3 Å². The number of aliphatic hydroxyl groups is 1. The molecule has 0 bridgehead atoms. The number of aliphatic hydroxyl groups excluding tert-OH is 1. The molecule has 7 nitrogen and oxygen atoms in total. The van der Waals surface area contributed by atoms with Crippen molar-refractivity contribution in [1.29, 1.82) is 0 Å². The number of β-amino-alcohol motifs (C(OH)–C–C–N with tert-alkyl or cyclic N) is 1. The van der Waals surface area contributed by atoms with Gasteiger partial charge in [-0.3, -0.25) is 4.90 Å². The third-order valence-corrected chi connectivity index (χ3v) is 8.97. The highest BCUT2D eigenvalue weighted by Gasteiger charge is 2.27. The van der Waals surface area contributed by atoms with E-state index in [2.05, 4.69) is 28.9 Å². The quantitative estimate of drug-likeness (QED) is 0.364. The molecule has 1 saturated heterocycles. The molecule has 1 aliphatic rings. The number of hydrogen-bond acceptors (Lipinski definition) is 7. The number of nitrogens with zero attached hydrogens (tertiary/aromatic N) is 2. The Morgan fingerprint density at radius 1 is 0.974 bits per heavy atom. The highest BCUT2D eigenvalue weighted by molar-refractivity contribution is 7.91. The average Bonchev–Trinajstić information content (AvgIpc) is 2.90. The molecule has 0 spiro atoms. The Bertz CT molecular complexity index is 1330. The van der Waals surface area contributed by atoms with E-state index in [0.29, 0.717) is 12.3 Å². The normalized spacial score (nSPS) is 15.0. The van der Waals surface area contributed by atoms with Crippen LogP contribution in [0.5, 0.6) is 11.5 Å². The van der Waals surface area contributed by atoms with Crippen molar-refractivity contribution in [2.75, 3.05) is 51.3 Å². The fraction of sp³-hybridized carbons (Fsp3) is 0.333. The molecule has 11 heteroatoms. The number of methoxy groups -OCH3 is 1. The lowest BCUT2D eigenvalue weighted by atomic mass is 10.1. The minimum absolute atomic E-state index is 0. The maximum absolute atomic E-state index is 13.4. The van der Waals surface area contributed by atoms with E-state index >= 15 is 0 Å². The summed E-state index contributed by atoms with van der Waals surface area (Å²) >= 11 is 12.5. The van der Waals surface area contributed by atoms with Crippen LogP contribution in [-0.2, 0) is 9.84 Å². The molecule has 0 radical (unpaired) electrons. The molecule has 38 heavy (non-hydrogen) atoms. The van der Waals surface area contributed by atoms with Gasteiger partial charge in [0.1, 0.15) is 28.4 Å². The predicted molar refractivity (Wildman–Crippen MR) is 153 cm³/mol. The van der Waals surface area contributed by atoms with Crippen LogP contribution < -0.4 is 14.4 Å². The van der Waals surface area contributed by atoms with Gasteiger partial charge in [0.15, 0.2) is 5.75 Å². The lowest BCUT2D eigenvalue weighted by Crippen LogP contribution is -2.49. The topological polar surface area (TPSA) is 79.3 Å². The van der Waals surface area contributed by atoms with E-state index in [9.17, 15) is 13.5 Å². The fourth-order valence-electron chi connectivity index (χ4n) is 4.36. The molecule has 206 valence electrons. The maximum atomic E-state index is 13.4. The second kappa shape index (κ2) is 13.2. The van der Waals surface area contributed by atoms with Crippen molar-refractivity contribution < 1.29 is 23.0 Å². The van der Waals surface area contributed by atoms with Gasteiger partial charge in [0.05, 0.1) is 17.0 Å². The number of benzene rings is 3. The van der Waals surface area contributed by atoms with Crippen molar-refractivity contribution in [3.8, 4) is 11.5 Å². The Morgan fingerprint density at radius 2 is 1.63 bits per heavy atom. The Balaban J connectivity index is 0.00000400. The standard InChI is InChI=1S/C27H30Cl2N2O5S.ClH/c1-19-5-3-4-6-24(19)31-15-13-30(14-16-31)17-20(32)18-36-27-25(12-11-23(28)26(27)29)37(33,34)22-9-7-21(35-2)8-10-22;/h3-12,20,32H,13-18H2,1-2H3;1H. The van der Waals surface area contributed by atoms with Crippen molar-refractivity contribution >= 4 is 51.1 Å². The molecule has 0 aromatic heterocycles. The molecule has 3 aromatic rings. The van der Waals surface area contributed by atoms with Gasteiger partial charge in [-0.2, -0.15) is 0 Å². The molecular weight excluding hydrogens is 571 g/mol. The monoisotopic (exact) mass is 600 g/mol. The average molecular weight is 602 g/mol. The summed E-state index contributed by atoms with van der Waals surface area (Å²) in [6.07, 6.45) is -0.850. The Labute approximate surface area is 240 Å². The van der Waals surface area contributed by atoms with Crippen LogP contribution in [0.2, 0.25) is 10.0 Å². The Kier molecular flexibility index (Phi) is 10.6. The first-order chi connectivity index (χ1) is 17.7. The first kappa shape index (κ1) is 30.3. The smallest absolute Gasteiger partial charge is 0.210 e. The first-order valence-corrected chi connectivity index (χ1v) is 14.2. The van der Waals surface area contributed by atoms with Gasteiger partial charge in [-0.25, -0.2) is 8.42 Å². The summed E-state index contributed by atoms with van der Waals surface area (Å²) in [7, 11) is -2.46. The largest absolute Gasteiger partial charge is 0.497 e. The fourth-order valence-corrected chi connectivity index (χ4v) is 6.19. The summed E-state index contributed by atoms with van der Waals surface area (Å²) in [4.78, 5) is 4.45. The minimum Gasteiger partial charge on any atom is -0.497 e. The third-order valence-electron chi connectivity index (χ3n) is 6.39. The van der Waals surface area contributed by atoms with E-state index in [1.165, 1.54) is 42.6 Å². The predicted octanol–water partition coefficient (Wildman–Crippen LogP) is 5.13. The zero-order valence-electron chi connectivity index (χ0n) is 21.1. The molecule has 1 atom stereocenters. The zero-order valence-corrected chi connectivity index (χ0v) is 24.3. The molecule has 0 saturated carbocycles. The molecular formula is C27H31Cl3N2O5S. The highest BCUT2D eigenvalue weighted by Crippen LogP contribution is 2.40. The highest BCUT2D eigenvalue weighted by atomic mass is 35.5. The number of piperazine rings is 1. The number of ether oxygens (including phenoxy) is 2. The molecule has 1 fully saturated rings. The van der Waals surface area contributed by atoms with Crippen LogP contribution >= 0.6 is 35.6 Å². The zero-order chi connectivity index (χ0) is 26.6. The summed E-state index contributed by atoms with van der Waals surface area (Å²) in [5, 5.41) is 10.8. The van der Waals surface area contributed by atoms with Crippen LogP contribution in [0.1, 0.15) is 5.56 Å². The molecule has 4 rings (SSSR count). The second-order valence-corrected chi connectivity index (χ2v) is 11.6. The lowest BCUT2D eigenvalue weighted by molar-refractivity contribution is 0.0653. The number of anilines is 1. The Morgan fingerprint density at radius 3 is 2.26 bits per heavy atom. The van der Waals surface area contributed by atoms with Crippen LogP contribution in [0.25, 0.3) is 0 Å². The van der Waals surface area contributed by atoms with Gasteiger partial charge in [0.25, 0.3) is 0 Å². The molecule has 1 aliphatic heterocycles. The van der Waals surface area contributed by atoms with Gasteiger partial charge in [-0.1, -0.05) is 41.4 Å². The van der Waals surface area contributed by atoms with E-state index in [0.717, 1.165) is 26.2 Å². The first-order valence-electron chi connectivity index (χ1n) is 11.9. The molecule has 1 heterocycles. The van der Waals surface area contributed by atoms with Gasteiger partial charge < -0.3 is 19.5 Å². The molecule has 1 N–H and O–H groups in total. The number of halogens is 3. The van der Waals surface area contributed by atoms with E-state index in [1.807, 2.05) is 12.1 Å². The number of para-hydroxylation sites is 1.